The molecule has 1 N–H and O–H groups in total. The number of aromatic nitrogens is 2. The normalized spacial score (nSPS) is 9.65. The summed E-state index contributed by atoms with van der Waals surface area (Å²) in [7, 11) is 0. The van der Waals surface area contributed by atoms with E-state index in [0.29, 0.717) is 17.1 Å². The highest BCUT2D eigenvalue weighted by molar-refractivity contribution is 6.31. The number of nitriles is 1. The minimum absolute atomic E-state index is 0.454. The van der Waals surface area contributed by atoms with Crippen molar-refractivity contribution in [3.63, 3.8) is 0 Å². The van der Waals surface area contributed by atoms with Gasteiger partial charge in [-0.3, -0.25) is 9.97 Å². The van der Waals surface area contributed by atoms with Gasteiger partial charge in [-0.2, -0.15) is 5.26 Å². The Balaban J connectivity index is 2.08. The van der Waals surface area contributed by atoms with E-state index in [0.717, 1.165) is 11.4 Å². The van der Waals surface area contributed by atoms with Gasteiger partial charge in [-0.05, 0) is 18.2 Å². The topological polar surface area (TPSA) is 61.6 Å². The van der Waals surface area contributed by atoms with Crippen LogP contribution < -0.4 is 5.32 Å². The summed E-state index contributed by atoms with van der Waals surface area (Å²) >= 11 is 5.84. The number of rotatable bonds is 3. The number of hydrogen-bond donors (Lipinski definition) is 1. The predicted octanol–water partition coefficient (Wildman–Crippen LogP) is 2.61. The molecule has 0 unspecified atom stereocenters. The summed E-state index contributed by atoms with van der Waals surface area (Å²) in [6.45, 7) is 0.556. The van der Waals surface area contributed by atoms with Crippen molar-refractivity contribution in [1.82, 2.24) is 9.97 Å². The number of halogens is 1. The summed E-state index contributed by atoms with van der Waals surface area (Å²) in [5.41, 5.74) is 2.12. The first-order valence-electron chi connectivity index (χ1n) is 4.98. The zero-order valence-electron chi connectivity index (χ0n) is 8.89. The van der Waals surface area contributed by atoms with E-state index in [2.05, 4.69) is 15.3 Å². The third-order valence-corrected chi connectivity index (χ3v) is 2.51. The number of anilines is 1. The van der Waals surface area contributed by atoms with E-state index >= 15 is 0 Å². The first kappa shape index (κ1) is 11.4. The molecule has 4 nitrogen and oxygen atoms in total. The molecular formula is C12H9ClN4. The molecule has 0 aliphatic heterocycles. The Bertz CT molecular complexity index is 548. The smallest absolute Gasteiger partial charge is 0.101 e. The highest BCUT2D eigenvalue weighted by Gasteiger charge is 2.01. The monoisotopic (exact) mass is 244 g/mol. The molecule has 0 spiro atoms. The zero-order valence-corrected chi connectivity index (χ0v) is 9.65. The summed E-state index contributed by atoms with van der Waals surface area (Å²) in [4.78, 5) is 8.11. The van der Waals surface area contributed by atoms with E-state index in [4.69, 9.17) is 16.9 Å². The summed E-state index contributed by atoms with van der Waals surface area (Å²) in [6, 6.07) is 7.25. The van der Waals surface area contributed by atoms with Crippen LogP contribution in [-0.4, -0.2) is 9.97 Å². The van der Waals surface area contributed by atoms with Gasteiger partial charge in [0.25, 0.3) is 0 Å². The van der Waals surface area contributed by atoms with Crippen LogP contribution in [0.15, 0.2) is 36.8 Å². The maximum atomic E-state index is 8.84. The molecule has 0 aliphatic rings. The second-order valence-corrected chi connectivity index (χ2v) is 3.76. The van der Waals surface area contributed by atoms with E-state index in [9.17, 15) is 0 Å². The fourth-order valence-corrected chi connectivity index (χ4v) is 1.49. The lowest BCUT2D eigenvalue weighted by molar-refractivity contribution is 1.01. The van der Waals surface area contributed by atoms with Gasteiger partial charge in [0.15, 0.2) is 0 Å². The van der Waals surface area contributed by atoms with Gasteiger partial charge >= 0.3 is 0 Å². The molecule has 0 aliphatic carbocycles. The lowest BCUT2D eigenvalue weighted by Crippen LogP contribution is -2.01. The molecule has 0 bridgehead atoms. The van der Waals surface area contributed by atoms with Crippen LogP contribution in [0.3, 0.4) is 0 Å². The molecule has 0 saturated heterocycles. The van der Waals surface area contributed by atoms with Crippen LogP contribution >= 0.6 is 11.6 Å². The van der Waals surface area contributed by atoms with Crippen molar-refractivity contribution in [2.24, 2.45) is 0 Å². The molecular weight excluding hydrogens is 236 g/mol. The van der Waals surface area contributed by atoms with Gasteiger partial charge in [0, 0.05) is 18.1 Å². The van der Waals surface area contributed by atoms with Gasteiger partial charge in [-0.15, -0.1) is 0 Å². The predicted molar refractivity (Wildman–Crippen MR) is 65.5 cm³/mol. The Hall–Kier alpha value is -2.12. The number of nitrogens with zero attached hydrogens (tertiary/aromatic N) is 3. The van der Waals surface area contributed by atoms with Crippen LogP contribution in [0.2, 0.25) is 5.02 Å². The van der Waals surface area contributed by atoms with Crippen LogP contribution in [0.25, 0.3) is 0 Å². The molecule has 0 atom stereocenters. The van der Waals surface area contributed by atoms with Crippen molar-refractivity contribution in [2.45, 2.75) is 6.54 Å². The van der Waals surface area contributed by atoms with Gasteiger partial charge < -0.3 is 5.32 Å². The molecule has 1 aromatic carbocycles. The molecule has 0 saturated carbocycles. The van der Waals surface area contributed by atoms with Crippen molar-refractivity contribution in [2.75, 3.05) is 5.32 Å². The Morgan fingerprint density at radius 2 is 2.24 bits per heavy atom. The van der Waals surface area contributed by atoms with Crippen molar-refractivity contribution in [3.8, 4) is 6.07 Å². The molecule has 5 heteroatoms. The molecule has 1 aromatic heterocycles. The van der Waals surface area contributed by atoms with Crippen LogP contribution in [-0.2, 0) is 6.54 Å². The van der Waals surface area contributed by atoms with Gasteiger partial charge in [0.1, 0.15) is 6.07 Å². The Kier molecular flexibility index (Phi) is 3.53. The highest BCUT2D eigenvalue weighted by Crippen LogP contribution is 2.19. The SMILES string of the molecule is N#Cc1cc(NCc2cnccn2)ccc1Cl. The molecule has 0 radical (unpaired) electrons. The summed E-state index contributed by atoms with van der Waals surface area (Å²) in [5, 5.41) is 12.5. The second-order valence-electron chi connectivity index (χ2n) is 3.36. The number of nitrogens with one attached hydrogen (secondary N) is 1. The lowest BCUT2D eigenvalue weighted by Gasteiger charge is -2.06. The Morgan fingerprint density at radius 3 is 2.94 bits per heavy atom. The summed E-state index contributed by atoms with van der Waals surface area (Å²) in [5.74, 6) is 0. The van der Waals surface area contributed by atoms with Crippen molar-refractivity contribution >= 4 is 17.3 Å². The molecule has 1 heterocycles. The third-order valence-electron chi connectivity index (χ3n) is 2.18. The first-order chi connectivity index (χ1) is 8.29. The lowest BCUT2D eigenvalue weighted by atomic mass is 10.2. The van der Waals surface area contributed by atoms with Crippen LogP contribution in [0, 0.1) is 11.3 Å². The van der Waals surface area contributed by atoms with Gasteiger partial charge in [0.2, 0.25) is 0 Å². The second kappa shape index (κ2) is 5.28. The Labute approximate surface area is 104 Å². The van der Waals surface area contributed by atoms with Gasteiger partial charge in [-0.25, -0.2) is 0 Å². The van der Waals surface area contributed by atoms with Gasteiger partial charge in [0.05, 0.1) is 29.0 Å². The molecule has 0 fully saturated rings. The van der Waals surface area contributed by atoms with Gasteiger partial charge in [-0.1, -0.05) is 11.6 Å². The molecule has 2 aromatic rings. The largest absolute Gasteiger partial charge is 0.379 e. The maximum Gasteiger partial charge on any atom is 0.101 e. The fraction of sp³-hybridized carbons (Fsp3) is 0.0833. The van der Waals surface area contributed by atoms with E-state index in [1.165, 1.54) is 0 Å². The van der Waals surface area contributed by atoms with Crippen LogP contribution in [0.5, 0.6) is 0 Å². The molecule has 84 valence electrons. The maximum absolute atomic E-state index is 8.84. The van der Waals surface area contributed by atoms with Crippen LogP contribution in [0.1, 0.15) is 11.3 Å². The standard InChI is InChI=1S/C12H9ClN4/c13-12-2-1-10(5-9(12)6-14)17-8-11-7-15-3-4-16-11/h1-5,7,17H,8H2. The van der Waals surface area contributed by atoms with E-state index in [1.54, 1.807) is 30.7 Å². The zero-order chi connectivity index (χ0) is 12.1. The fourth-order valence-electron chi connectivity index (χ4n) is 1.33. The number of hydrogen-bond acceptors (Lipinski definition) is 4. The molecule has 0 amide bonds. The summed E-state index contributed by atoms with van der Waals surface area (Å²) < 4.78 is 0. The minimum Gasteiger partial charge on any atom is -0.379 e. The van der Waals surface area contributed by atoms with Crippen molar-refractivity contribution < 1.29 is 0 Å². The van der Waals surface area contributed by atoms with E-state index in [1.807, 2.05) is 12.1 Å². The van der Waals surface area contributed by atoms with Crippen molar-refractivity contribution in [3.05, 3.63) is 53.1 Å². The van der Waals surface area contributed by atoms with Crippen molar-refractivity contribution in [1.29, 1.82) is 5.26 Å². The Morgan fingerprint density at radius 1 is 1.35 bits per heavy atom. The highest BCUT2D eigenvalue weighted by atomic mass is 35.5. The van der Waals surface area contributed by atoms with Crippen LogP contribution in [0.4, 0.5) is 5.69 Å². The summed E-state index contributed by atoms with van der Waals surface area (Å²) in [6.07, 6.45) is 4.95. The number of benzene rings is 1. The average Bonchev–Trinajstić information content (AvgIpc) is 2.39. The van der Waals surface area contributed by atoms with E-state index < -0.39 is 0 Å². The molecule has 17 heavy (non-hydrogen) atoms. The minimum atomic E-state index is 0.454. The third kappa shape index (κ3) is 2.92. The quantitative estimate of drug-likeness (QED) is 0.902. The molecule has 2 rings (SSSR count). The first-order valence-corrected chi connectivity index (χ1v) is 5.36. The average molecular weight is 245 g/mol. The van der Waals surface area contributed by atoms with E-state index in [-0.39, 0.29) is 0 Å².